The smallest absolute Gasteiger partial charge is 1.00 e. The van der Waals surface area contributed by atoms with Crippen LogP contribution in [0.25, 0.3) is 0 Å². The molecule has 0 radical (unpaired) electrons. The normalized spacial score (nSPS) is 11.5. The third-order valence-electron chi connectivity index (χ3n) is 11.1. The predicted molar refractivity (Wildman–Crippen MR) is 337 cm³/mol. The average molecular weight is 1370 g/mol. The number of likely N-dealkylation sites (N-methyl/N-ethyl adjacent to an activating group) is 4. The van der Waals surface area contributed by atoms with Gasteiger partial charge in [-0.1, -0.05) is 177 Å². The summed E-state index contributed by atoms with van der Waals surface area (Å²) in [6.07, 6.45) is 30.0. The number of rotatable bonds is 32. The molecule has 0 bridgehead atoms. The van der Waals surface area contributed by atoms with Crippen LogP contribution in [0, 0.1) is 23.2 Å². The summed E-state index contributed by atoms with van der Waals surface area (Å²) in [6, 6.07) is 0. The van der Waals surface area contributed by atoms with Gasteiger partial charge >= 0.3 is 54.4 Å². The quantitative estimate of drug-likeness (QED) is 0.0375. The fraction of sp³-hybridized carbons (Fsp3) is 0.733. The van der Waals surface area contributed by atoms with E-state index >= 15 is 0 Å². The summed E-state index contributed by atoms with van der Waals surface area (Å²) in [5.74, 6) is -1.20. The van der Waals surface area contributed by atoms with Crippen molar-refractivity contribution in [3.63, 3.8) is 0 Å². The van der Waals surface area contributed by atoms with Crippen molar-refractivity contribution >= 4 is 82.7 Å². The number of carboxylic acid groups (broad SMARTS) is 1. The molecule has 0 aliphatic rings. The van der Waals surface area contributed by atoms with E-state index < -0.39 is 24.5 Å². The van der Waals surface area contributed by atoms with Gasteiger partial charge in [-0.3, -0.25) is 33.2 Å². The summed E-state index contributed by atoms with van der Waals surface area (Å²) >= 11 is 9.82. The molecule has 11 nitrogen and oxygen atoms in total. The van der Waals surface area contributed by atoms with E-state index in [1.165, 1.54) is 59.9 Å². The van der Waals surface area contributed by atoms with Crippen LogP contribution in [-0.2, 0) is 28.8 Å². The molecule has 0 saturated carbocycles. The number of alkyl halides is 4. The second-order valence-electron chi connectivity index (χ2n) is 18.7. The van der Waals surface area contributed by atoms with E-state index in [1.54, 1.807) is 27.7 Å². The van der Waals surface area contributed by atoms with Crippen LogP contribution in [0.1, 0.15) is 164 Å². The number of aliphatic carboxylic acids is 1. The fourth-order valence-corrected chi connectivity index (χ4v) is 5.90. The molecule has 0 aromatic carbocycles. The number of halogens is 5. The third-order valence-corrected chi connectivity index (χ3v) is 12.2. The first kappa shape index (κ1) is 99.8. The van der Waals surface area contributed by atoms with Gasteiger partial charge in [-0.2, -0.15) is 0 Å². The molecular weight excluding hydrogens is 1260 g/mol. The Morgan fingerprint density at radius 1 is 0.526 bits per heavy atom. The van der Waals surface area contributed by atoms with Gasteiger partial charge in [0, 0.05) is 48.1 Å². The number of carbonyl (C=O) groups is 6. The van der Waals surface area contributed by atoms with Crippen LogP contribution in [0.2, 0.25) is 0 Å². The van der Waals surface area contributed by atoms with Crippen molar-refractivity contribution in [3.8, 4) is 0 Å². The van der Waals surface area contributed by atoms with Gasteiger partial charge in [-0.25, -0.2) is 0 Å². The SMILES string of the molecule is BrC/C=C/CBr.CC(=O)C(C)C(C)=O.CCCC.CCCN(C)C/C=C/CBr.CCCN(C)C/C=C/CC(C)(C(C)=O)C(C)=O.CCCN(C)C/C=C/CC(C)C(=O)O.CCCN(C)C/C=C/CC(C)C(C)=O.[2H]CF.[Br-].[H-].[Li+].[Na+]. The van der Waals surface area contributed by atoms with E-state index in [4.69, 9.17) is 6.48 Å². The van der Waals surface area contributed by atoms with Gasteiger partial charge in [0.25, 0.3) is 0 Å². The van der Waals surface area contributed by atoms with Gasteiger partial charge in [-0.15, -0.1) is 0 Å². The van der Waals surface area contributed by atoms with Crippen molar-refractivity contribution in [2.75, 3.05) is 104 Å². The topological polar surface area (TPSA) is 136 Å². The van der Waals surface area contributed by atoms with E-state index in [9.17, 15) is 33.2 Å². The zero-order valence-electron chi connectivity index (χ0n) is 55.4. The molecule has 0 aliphatic carbocycles. The van der Waals surface area contributed by atoms with E-state index in [0.29, 0.717) is 12.8 Å². The molecular formula is C60H115Br4FLiN4NaO7. The number of hydrogen-bond donors (Lipinski definition) is 1. The van der Waals surface area contributed by atoms with Crippen molar-refractivity contribution in [2.45, 2.75) is 162 Å². The van der Waals surface area contributed by atoms with E-state index in [-0.39, 0.29) is 108 Å². The van der Waals surface area contributed by atoms with Crippen molar-refractivity contribution < 1.29 is 106 Å². The second-order valence-corrected chi connectivity index (χ2v) is 20.6. The van der Waals surface area contributed by atoms with E-state index in [1.807, 2.05) is 31.2 Å². The van der Waals surface area contributed by atoms with E-state index in [0.717, 1.165) is 81.1 Å². The first-order chi connectivity index (χ1) is 35.6. The molecule has 0 rings (SSSR count). The molecule has 1 N–H and O–H groups in total. The molecule has 78 heavy (non-hydrogen) atoms. The number of Topliss-reactive ketones (excluding diaryl/α,β-unsaturated/α-hetero) is 5. The van der Waals surface area contributed by atoms with E-state index in [2.05, 4.69) is 174 Å². The maximum Gasteiger partial charge on any atom is 1.00 e. The third kappa shape index (κ3) is 84.6. The van der Waals surface area contributed by atoms with Crippen molar-refractivity contribution in [1.82, 2.24) is 19.6 Å². The van der Waals surface area contributed by atoms with Crippen LogP contribution >= 0.6 is 47.8 Å². The van der Waals surface area contributed by atoms with Gasteiger partial charge in [0.2, 0.25) is 0 Å². The number of hydrogen-bond acceptors (Lipinski definition) is 10. The fourth-order valence-electron chi connectivity index (χ4n) is 5.11. The van der Waals surface area contributed by atoms with Crippen LogP contribution in [0.15, 0.2) is 60.8 Å². The van der Waals surface area contributed by atoms with Gasteiger partial charge < -0.3 is 43.1 Å². The number of carboxylic acids is 1. The van der Waals surface area contributed by atoms with Crippen molar-refractivity contribution in [3.05, 3.63) is 60.8 Å². The summed E-state index contributed by atoms with van der Waals surface area (Å²) in [5, 5.41) is 11.5. The molecule has 0 aliphatic heterocycles. The first-order valence-electron chi connectivity index (χ1n) is 27.6. The minimum Gasteiger partial charge on any atom is -1.00 e. The Bertz CT molecular complexity index is 1470. The van der Waals surface area contributed by atoms with Gasteiger partial charge in [-0.05, 0) is 148 Å². The van der Waals surface area contributed by atoms with Gasteiger partial charge in [0.15, 0.2) is 0 Å². The minimum absolute atomic E-state index is 0. The Hall–Kier alpha value is -0.193. The summed E-state index contributed by atoms with van der Waals surface area (Å²) < 4.78 is 15.5. The molecule has 18 heteroatoms. The molecule has 0 spiro atoms. The van der Waals surface area contributed by atoms with Crippen LogP contribution in [0.5, 0.6) is 0 Å². The molecule has 0 aromatic heterocycles. The maximum atomic E-state index is 11.5. The monoisotopic (exact) mass is 1370 g/mol. The second kappa shape index (κ2) is 78.9. The number of carbonyl (C=O) groups excluding carboxylic acids is 5. The zero-order chi connectivity index (χ0) is 60.9. The number of unbranched alkanes of at least 4 members (excludes halogenated alkanes) is 1. The summed E-state index contributed by atoms with van der Waals surface area (Å²) in [5.41, 5.74) is -0.847. The van der Waals surface area contributed by atoms with Crippen LogP contribution in [-0.4, -0.2) is 163 Å². The summed E-state index contributed by atoms with van der Waals surface area (Å²) in [7, 11) is 7.38. The number of allylic oxidation sites excluding steroid dienone is 6. The molecule has 0 aromatic rings. The zero-order valence-corrected chi connectivity index (χ0v) is 61.8. The predicted octanol–water partition coefficient (Wildman–Crippen LogP) is 5.88. The summed E-state index contributed by atoms with van der Waals surface area (Å²) in [6.45, 7) is 35.8. The van der Waals surface area contributed by atoms with Crippen LogP contribution in [0.4, 0.5) is 4.39 Å². The Balaban J connectivity index is -0.0000000685. The molecule has 0 saturated heterocycles. The number of nitrogens with zero attached hydrogens (tertiary/aromatic N) is 4. The Morgan fingerprint density at radius 3 is 0.987 bits per heavy atom. The standard InChI is InChI=1S/C14H25NO2.C12H23NO.C11H21NO2.C8H16BrN.C6H10O2.C4H6Br2.C4H10.CH3F.BrH.Li.Na.H/c1-6-10-15(5)11-8-7-9-14(4,12(2)16)13(3)17;1-5-9-13(4)10-7-6-8-11(2)12(3)14;1-4-8-12(3)9-6-5-7-10(2)11(13)14;1-3-7-10(2)8-5-4-6-9;1-4(5(2)7)6(3)8;5-3-1-2-4-6;1-3-4-2;1-2;;;;/h7-8H,6,9-11H2,1-5H3;6-7,11H,5,8-10H2,1-4H3;5-6,10H,4,7-9H2,1-3H3,(H,13,14);4-5H,3,6-8H2,1-2H3;4H,1-3H3;1-2H,3-4H2;3-4H2,1-2H3;1H3;1H;;;/q;;;;;;;;;2*+1;-1/p-1/b8-7+;7-6+;6-5+;5-4+;;2-1+;;;;;;/i;;;;;;;1D;;;;. The average Bonchev–Trinajstić information content (AvgIpc) is 3.35. The summed E-state index contributed by atoms with van der Waals surface area (Å²) in [4.78, 5) is 74.1. The Morgan fingerprint density at radius 2 is 0.782 bits per heavy atom. The van der Waals surface area contributed by atoms with Crippen LogP contribution < -0.4 is 65.4 Å². The van der Waals surface area contributed by atoms with Gasteiger partial charge in [0.1, 0.15) is 28.9 Å². The number of ketones is 5. The maximum absolute atomic E-state index is 11.5. The molecule has 0 heterocycles. The Labute approximate surface area is 553 Å². The largest absolute Gasteiger partial charge is 1.00 e. The van der Waals surface area contributed by atoms with Crippen molar-refractivity contribution in [1.29, 1.82) is 0 Å². The molecule has 0 amide bonds. The van der Waals surface area contributed by atoms with Gasteiger partial charge in [0.05, 0.1) is 25.8 Å². The minimum atomic E-state index is -1.00. The Kier molecular flexibility index (Phi) is 101. The molecule has 454 valence electrons. The first-order valence-corrected chi connectivity index (χ1v) is 30.2. The van der Waals surface area contributed by atoms with Crippen LogP contribution in [0.3, 0.4) is 0 Å². The molecule has 2 atom stereocenters. The molecule has 2 unspecified atom stereocenters. The molecule has 0 fully saturated rings. The van der Waals surface area contributed by atoms with Crippen molar-refractivity contribution in [2.24, 2.45) is 23.2 Å².